The summed E-state index contributed by atoms with van der Waals surface area (Å²) in [6.07, 6.45) is 6.95. The van der Waals surface area contributed by atoms with Crippen LogP contribution in [0.3, 0.4) is 0 Å². The molecule has 2 rings (SSSR count). The van der Waals surface area contributed by atoms with Crippen molar-refractivity contribution in [1.82, 2.24) is 9.88 Å². The highest BCUT2D eigenvalue weighted by Crippen LogP contribution is 2.26. The van der Waals surface area contributed by atoms with Crippen LogP contribution in [0, 0.1) is 17.2 Å². The monoisotopic (exact) mass is 273 g/mol. The Kier molecular flexibility index (Phi) is 4.57. The molecule has 106 valence electrons. The summed E-state index contributed by atoms with van der Waals surface area (Å²) in [5.74, 6) is -0.121. The molecule has 1 aliphatic carbocycles. The van der Waals surface area contributed by atoms with Crippen molar-refractivity contribution in [2.45, 2.75) is 38.1 Å². The summed E-state index contributed by atoms with van der Waals surface area (Å²) < 4.78 is 1.40. The third-order valence-electron chi connectivity index (χ3n) is 3.91. The summed E-state index contributed by atoms with van der Waals surface area (Å²) in [4.78, 5) is 23.6. The third kappa shape index (κ3) is 3.27. The average Bonchev–Trinajstić information content (AvgIpc) is 2.48. The number of carbonyl (C=O) groups is 1. The standard InChI is InChI=1S/C15H19N3O2/c1-18-8-7-12(9-14(18)19)15(20)17-13(10-16)11-5-3-2-4-6-11/h7-9,11,13H,2-6H2,1H3,(H,17,20). The number of amides is 1. The lowest BCUT2D eigenvalue weighted by Gasteiger charge is -2.26. The summed E-state index contributed by atoms with van der Waals surface area (Å²) in [6.45, 7) is 0. The fourth-order valence-electron chi connectivity index (χ4n) is 2.64. The topological polar surface area (TPSA) is 74.9 Å². The first-order valence-electron chi connectivity index (χ1n) is 6.99. The first-order valence-corrected chi connectivity index (χ1v) is 6.99. The van der Waals surface area contributed by atoms with E-state index >= 15 is 0 Å². The van der Waals surface area contributed by atoms with Crippen molar-refractivity contribution >= 4 is 5.91 Å². The molecule has 1 amide bonds. The fourth-order valence-corrected chi connectivity index (χ4v) is 2.64. The fraction of sp³-hybridized carbons (Fsp3) is 0.533. The SMILES string of the molecule is Cn1ccc(C(=O)NC(C#N)C2CCCCC2)cc1=O. The molecule has 5 nitrogen and oxygen atoms in total. The van der Waals surface area contributed by atoms with Crippen molar-refractivity contribution < 1.29 is 4.79 Å². The third-order valence-corrected chi connectivity index (χ3v) is 3.91. The number of nitriles is 1. The van der Waals surface area contributed by atoms with Crippen molar-refractivity contribution in [3.05, 3.63) is 34.2 Å². The molecule has 1 atom stereocenters. The molecule has 1 aromatic heterocycles. The van der Waals surface area contributed by atoms with Crippen LogP contribution in [0.1, 0.15) is 42.5 Å². The van der Waals surface area contributed by atoms with Crippen LogP contribution < -0.4 is 10.9 Å². The molecule has 0 saturated heterocycles. The predicted molar refractivity (Wildman–Crippen MR) is 75.1 cm³/mol. The zero-order valence-electron chi connectivity index (χ0n) is 11.6. The van der Waals surface area contributed by atoms with Crippen LogP contribution in [0.25, 0.3) is 0 Å². The lowest BCUT2D eigenvalue weighted by Crippen LogP contribution is -2.40. The largest absolute Gasteiger partial charge is 0.336 e. The number of hydrogen-bond donors (Lipinski definition) is 1. The zero-order valence-corrected chi connectivity index (χ0v) is 11.6. The molecular formula is C15H19N3O2. The molecule has 1 aliphatic rings. The van der Waals surface area contributed by atoms with Crippen LogP contribution in [0.5, 0.6) is 0 Å². The smallest absolute Gasteiger partial charge is 0.252 e. The summed E-state index contributed by atoms with van der Waals surface area (Å²) in [6, 6.07) is 4.60. The van der Waals surface area contributed by atoms with Gasteiger partial charge >= 0.3 is 0 Å². The van der Waals surface area contributed by atoms with E-state index in [9.17, 15) is 14.9 Å². The van der Waals surface area contributed by atoms with E-state index < -0.39 is 6.04 Å². The molecule has 1 unspecified atom stereocenters. The molecule has 0 spiro atoms. The molecule has 0 aromatic carbocycles. The summed E-state index contributed by atoms with van der Waals surface area (Å²) >= 11 is 0. The lowest BCUT2D eigenvalue weighted by molar-refractivity contribution is 0.0928. The maximum atomic E-state index is 12.1. The summed E-state index contributed by atoms with van der Waals surface area (Å²) in [7, 11) is 1.63. The Labute approximate surface area is 118 Å². The molecular weight excluding hydrogens is 254 g/mol. The van der Waals surface area contributed by atoms with Crippen LogP contribution in [0.2, 0.25) is 0 Å². The Morgan fingerprint density at radius 2 is 2.15 bits per heavy atom. The van der Waals surface area contributed by atoms with E-state index in [0.29, 0.717) is 5.56 Å². The minimum Gasteiger partial charge on any atom is -0.336 e. The Balaban J connectivity index is 2.07. The predicted octanol–water partition coefficient (Wildman–Crippen LogP) is 1.59. The van der Waals surface area contributed by atoms with Gasteiger partial charge in [0, 0.05) is 24.9 Å². The van der Waals surface area contributed by atoms with E-state index in [1.54, 1.807) is 19.3 Å². The molecule has 1 N–H and O–H groups in total. The first-order chi connectivity index (χ1) is 9.61. The number of rotatable bonds is 3. The normalized spacial score (nSPS) is 17.2. The summed E-state index contributed by atoms with van der Waals surface area (Å²) in [5, 5.41) is 12.0. The Hall–Kier alpha value is -2.09. The van der Waals surface area contributed by atoms with Crippen molar-refractivity contribution in [2.75, 3.05) is 0 Å². The van der Waals surface area contributed by atoms with Crippen molar-refractivity contribution in [1.29, 1.82) is 5.26 Å². The number of nitrogens with zero attached hydrogens (tertiary/aromatic N) is 2. The van der Waals surface area contributed by atoms with Crippen molar-refractivity contribution in [3.63, 3.8) is 0 Å². The molecule has 1 aromatic rings. The maximum absolute atomic E-state index is 12.1. The van der Waals surface area contributed by atoms with Crippen LogP contribution in [0.15, 0.2) is 23.1 Å². The van der Waals surface area contributed by atoms with E-state index in [1.165, 1.54) is 17.1 Å². The van der Waals surface area contributed by atoms with E-state index in [-0.39, 0.29) is 17.4 Å². The second-order valence-corrected chi connectivity index (χ2v) is 5.34. The summed E-state index contributed by atoms with van der Waals surface area (Å²) in [5.41, 5.74) is 0.0768. The minimum atomic E-state index is -0.466. The quantitative estimate of drug-likeness (QED) is 0.908. The zero-order chi connectivity index (χ0) is 14.5. The molecule has 0 radical (unpaired) electrons. The van der Waals surface area contributed by atoms with Gasteiger partial charge in [-0.15, -0.1) is 0 Å². The molecule has 0 bridgehead atoms. The molecule has 1 fully saturated rings. The molecule has 5 heteroatoms. The second kappa shape index (κ2) is 6.38. The molecule has 20 heavy (non-hydrogen) atoms. The van der Waals surface area contributed by atoms with E-state index in [0.717, 1.165) is 25.7 Å². The van der Waals surface area contributed by atoms with Gasteiger partial charge in [-0.2, -0.15) is 5.26 Å². The van der Waals surface area contributed by atoms with Crippen LogP contribution in [0.4, 0.5) is 0 Å². The Bertz CT molecular complexity index is 580. The van der Waals surface area contributed by atoms with Gasteiger partial charge < -0.3 is 9.88 Å². The van der Waals surface area contributed by atoms with Gasteiger partial charge in [0.2, 0.25) is 0 Å². The number of hydrogen-bond acceptors (Lipinski definition) is 3. The number of pyridine rings is 1. The van der Waals surface area contributed by atoms with Gasteiger partial charge in [-0.3, -0.25) is 9.59 Å². The van der Waals surface area contributed by atoms with E-state index in [1.807, 2.05) is 0 Å². The van der Waals surface area contributed by atoms with Crippen LogP contribution in [-0.4, -0.2) is 16.5 Å². The lowest BCUT2D eigenvalue weighted by atomic mass is 9.84. The highest BCUT2D eigenvalue weighted by atomic mass is 16.2. The number of nitrogens with one attached hydrogen (secondary N) is 1. The van der Waals surface area contributed by atoms with Gasteiger partial charge in [0.05, 0.1) is 6.07 Å². The van der Waals surface area contributed by atoms with Gasteiger partial charge in [-0.1, -0.05) is 19.3 Å². The van der Waals surface area contributed by atoms with E-state index in [2.05, 4.69) is 11.4 Å². The van der Waals surface area contributed by atoms with Crippen molar-refractivity contribution in [2.24, 2.45) is 13.0 Å². The highest BCUT2D eigenvalue weighted by molar-refractivity contribution is 5.94. The van der Waals surface area contributed by atoms with Gasteiger partial charge in [0.1, 0.15) is 6.04 Å². The van der Waals surface area contributed by atoms with Gasteiger partial charge in [0.15, 0.2) is 0 Å². The highest BCUT2D eigenvalue weighted by Gasteiger charge is 2.25. The molecule has 1 heterocycles. The van der Waals surface area contributed by atoms with Crippen LogP contribution in [-0.2, 0) is 7.05 Å². The van der Waals surface area contributed by atoms with Gasteiger partial charge in [-0.25, -0.2) is 0 Å². The number of aryl methyl sites for hydroxylation is 1. The van der Waals surface area contributed by atoms with E-state index in [4.69, 9.17) is 0 Å². The molecule has 0 aliphatic heterocycles. The number of aromatic nitrogens is 1. The first kappa shape index (κ1) is 14.3. The van der Waals surface area contributed by atoms with Gasteiger partial charge in [-0.05, 0) is 24.8 Å². The molecule has 1 saturated carbocycles. The number of carbonyl (C=O) groups excluding carboxylic acids is 1. The Morgan fingerprint density at radius 3 is 2.75 bits per heavy atom. The maximum Gasteiger partial charge on any atom is 0.252 e. The van der Waals surface area contributed by atoms with Crippen LogP contribution >= 0.6 is 0 Å². The van der Waals surface area contributed by atoms with Gasteiger partial charge in [0.25, 0.3) is 11.5 Å². The van der Waals surface area contributed by atoms with Crippen molar-refractivity contribution in [3.8, 4) is 6.07 Å². The second-order valence-electron chi connectivity index (χ2n) is 5.34. The minimum absolute atomic E-state index is 0.226. The average molecular weight is 273 g/mol. The Morgan fingerprint density at radius 1 is 1.45 bits per heavy atom.